The zero-order chi connectivity index (χ0) is 18.0. The average Bonchev–Trinajstić information content (AvgIpc) is 2.95. The third-order valence-corrected chi connectivity index (χ3v) is 4.02. The molecule has 0 aliphatic carbocycles. The van der Waals surface area contributed by atoms with E-state index in [9.17, 15) is 18.4 Å². The predicted octanol–water partition coefficient (Wildman–Crippen LogP) is 2.51. The number of halogens is 2. The van der Waals surface area contributed by atoms with E-state index in [0.29, 0.717) is 11.4 Å². The van der Waals surface area contributed by atoms with Gasteiger partial charge >= 0.3 is 0 Å². The summed E-state index contributed by atoms with van der Waals surface area (Å²) in [7, 11) is 1.52. The highest BCUT2D eigenvalue weighted by Crippen LogP contribution is 2.25. The van der Waals surface area contributed by atoms with Gasteiger partial charge in [-0.15, -0.1) is 0 Å². The van der Waals surface area contributed by atoms with Gasteiger partial charge in [0.1, 0.15) is 22.9 Å². The summed E-state index contributed by atoms with van der Waals surface area (Å²) in [4.78, 5) is 25.9. The molecule has 1 heterocycles. The quantitative estimate of drug-likeness (QED) is 0.925. The number of rotatable bonds is 4. The maximum absolute atomic E-state index is 13.7. The van der Waals surface area contributed by atoms with Gasteiger partial charge in [0.25, 0.3) is 5.91 Å². The average molecular weight is 346 g/mol. The topological polar surface area (TPSA) is 58.6 Å². The van der Waals surface area contributed by atoms with Crippen molar-refractivity contribution in [3.63, 3.8) is 0 Å². The molecule has 0 bridgehead atoms. The summed E-state index contributed by atoms with van der Waals surface area (Å²) in [5.41, 5.74) is -0.00653. The Kier molecular flexibility index (Phi) is 4.65. The molecule has 2 aromatic carbocycles. The van der Waals surface area contributed by atoms with Crippen molar-refractivity contribution in [3.8, 4) is 5.75 Å². The maximum Gasteiger partial charge on any atom is 0.257 e. The molecule has 0 unspecified atom stereocenters. The van der Waals surface area contributed by atoms with E-state index in [1.165, 1.54) is 18.1 Å². The summed E-state index contributed by atoms with van der Waals surface area (Å²) in [5.74, 6) is -2.34. The number of hydrogen-bond donors (Lipinski definition) is 1. The van der Waals surface area contributed by atoms with Crippen molar-refractivity contribution >= 4 is 17.5 Å². The number of hydrogen-bond acceptors (Lipinski definition) is 3. The van der Waals surface area contributed by atoms with E-state index in [4.69, 9.17) is 4.74 Å². The molecule has 7 heteroatoms. The van der Waals surface area contributed by atoms with Gasteiger partial charge in [-0.2, -0.15) is 0 Å². The standard InChI is InChI=1S/C18H16F2N2O3/c1-25-13-5-2-4-12(9-13)22-10-11(8-16(22)23)21-18(24)17-14(19)6-3-7-15(17)20/h2-7,9,11H,8,10H2,1H3,(H,21,24)/t11-/m0/s1. The molecule has 25 heavy (non-hydrogen) atoms. The Balaban J connectivity index is 1.73. The Bertz CT molecular complexity index is 805. The van der Waals surface area contributed by atoms with Gasteiger partial charge < -0.3 is 15.0 Å². The lowest BCUT2D eigenvalue weighted by molar-refractivity contribution is -0.117. The zero-order valence-corrected chi connectivity index (χ0v) is 13.5. The summed E-state index contributed by atoms with van der Waals surface area (Å²) in [6, 6.07) is 9.64. The van der Waals surface area contributed by atoms with Gasteiger partial charge in [-0.25, -0.2) is 8.78 Å². The zero-order valence-electron chi connectivity index (χ0n) is 13.5. The van der Waals surface area contributed by atoms with Gasteiger partial charge in [0.15, 0.2) is 0 Å². The van der Waals surface area contributed by atoms with Crippen LogP contribution < -0.4 is 15.0 Å². The first-order valence-corrected chi connectivity index (χ1v) is 7.69. The van der Waals surface area contributed by atoms with Gasteiger partial charge in [0.2, 0.25) is 5.91 Å². The summed E-state index contributed by atoms with van der Waals surface area (Å²) in [6.07, 6.45) is 0.0546. The third kappa shape index (κ3) is 3.45. The number of ether oxygens (including phenoxy) is 1. The van der Waals surface area contributed by atoms with E-state index in [1.807, 2.05) is 0 Å². The summed E-state index contributed by atoms with van der Waals surface area (Å²) >= 11 is 0. The lowest BCUT2D eigenvalue weighted by atomic mass is 10.1. The number of methoxy groups -OCH3 is 1. The monoisotopic (exact) mass is 346 g/mol. The van der Waals surface area contributed by atoms with Gasteiger partial charge in [-0.1, -0.05) is 12.1 Å². The second kappa shape index (κ2) is 6.88. The van der Waals surface area contributed by atoms with Crippen molar-refractivity contribution in [1.29, 1.82) is 0 Å². The van der Waals surface area contributed by atoms with Gasteiger partial charge in [-0.05, 0) is 24.3 Å². The molecule has 1 fully saturated rings. The van der Waals surface area contributed by atoms with Crippen molar-refractivity contribution in [1.82, 2.24) is 5.32 Å². The van der Waals surface area contributed by atoms with E-state index in [1.54, 1.807) is 24.3 Å². The van der Waals surface area contributed by atoms with Crippen molar-refractivity contribution in [2.24, 2.45) is 0 Å². The fourth-order valence-corrected chi connectivity index (χ4v) is 2.80. The Morgan fingerprint density at radius 2 is 1.88 bits per heavy atom. The summed E-state index contributed by atoms with van der Waals surface area (Å²) in [5, 5.41) is 2.52. The van der Waals surface area contributed by atoms with Gasteiger partial charge in [-0.3, -0.25) is 9.59 Å². The van der Waals surface area contributed by atoms with Crippen LogP contribution in [-0.4, -0.2) is 31.5 Å². The highest BCUT2D eigenvalue weighted by atomic mass is 19.1. The Hall–Kier alpha value is -2.96. The molecule has 1 aliphatic heterocycles. The van der Waals surface area contributed by atoms with Gasteiger partial charge in [0, 0.05) is 24.7 Å². The van der Waals surface area contributed by atoms with E-state index in [0.717, 1.165) is 12.1 Å². The third-order valence-electron chi connectivity index (χ3n) is 4.02. The molecule has 5 nitrogen and oxygen atoms in total. The molecule has 1 saturated heterocycles. The summed E-state index contributed by atoms with van der Waals surface area (Å²) in [6.45, 7) is 0.216. The molecule has 1 N–H and O–H groups in total. The van der Waals surface area contributed by atoms with Crippen molar-refractivity contribution in [2.75, 3.05) is 18.6 Å². The Labute approximate surface area is 143 Å². The van der Waals surface area contributed by atoms with Crippen LogP contribution in [0.4, 0.5) is 14.5 Å². The number of amides is 2. The maximum atomic E-state index is 13.7. The molecule has 0 spiro atoms. The van der Waals surface area contributed by atoms with Gasteiger partial charge in [0.05, 0.1) is 13.2 Å². The number of benzene rings is 2. The molecule has 2 aromatic rings. The molecular formula is C18H16F2N2O3. The molecule has 1 atom stereocenters. The number of anilines is 1. The van der Waals surface area contributed by atoms with Crippen LogP contribution in [0, 0.1) is 11.6 Å². The molecule has 130 valence electrons. The molecule has 1 aliphatic rings. The van der Waals surface area contributed by atoms with Crippen LogP contribution in [0.15, 0.2) is 42.5 Å². The normalized spacial score (nSPS) is 16.8. The van der Waals surface area contributed by atoms with E-state index in [-0.39, 0.29) is 18.9 Å². The van der Waals surface area contributed by atoms with Crippen LogP contribution in [0.2, 0.25) is 0 Å². The Morgan fingerprint density at radius 3 is 2.56 bits per heavy atom. The first-order chi connectivity index (χ1) is 12.0. The number of nitrogens with one attached hydrogen (secondary N) is 1. The largest absolute Gasteiger partial charge is 0.497 e. The first kappa shape index (κ1) is 16.9. The lowest BCUT2D eigenvalue weighted by Gasteiger charge is -2.18. The van der Waals surface area contributed by atoms with Crippen molar-refractivity contribution in [3.05, 3.63) is 59.7 Å². The second-order valence-corrected chi connectivity index (χ2v) is 5.68. The van der Waals surface area contributed by atoms with Crippen LogP contribution in [0.5, 0.6) is 5.75 Å². The van der Waals surface area contributed by atoms with Crippen LogP contribution >= 0.6 is 0 Å². The highest BCUT2D eigenvalue weighted by molar-refractivity contribution is 5.99. The van der Waals surface area contributed by atoms with Crippen LogP contribution in [0.25, 0.3) is 0 Å². The van der Waals surface area contributed by atoms with E-state index >= 15 is 0 Å². The number of nitrogens with zero attached hydrogens (tertiary/aromatic N) is 1. The number of carbonyl (C=O) groups is 2. The predicted molar refractivity (Wildman–Crippen MR) is 87.6 cm³/mol. The molecular weight excluding hydrogens is 330 g/mol. The minimum absolute atomic E-state index is 0.0546. The highest BCUT2D eigenvalue weighted by Gasteiger charge is 2.32. The molecule has 2 amide bonds. The van der Waals surface area contributed by atoms with Crippen molar-refractivity contribution in [2.45, 2.75) is 12.5 Å². The Morgan fingerprint density at radius 1 is 1.20 bits per heavy atom. The van der Waals surface area contributed by atoms with Crippen molar-refractivity contribution < 1.29 is 23.1 Å². The fraction of sp³-hybridized carbons (Fsp3) is 0.222. The second-order valence-electron chi connectivity index (χ2n) is 5.68. The van der Waals surface area contributed by atoms with Crippen LogP contribution in [0.1, 0.15) is 16.8 Å². The molecule has 0 radical (unpaired) electrons. The van der Waals surface area contributed by atoms with E-state index < -0.39 is 29.1 Å². The minimum atomic E-state index is -0.938. The lowest BCUT2D eigenvalue weighted by Crippen LogP contribution is -2.38. The molecule has 3 rings (SSSR count). The van der Waals surface area contributed by atoms with Crippen LogP contribution in [0.3, 0.4) is 0 Å². The summed E-state index contributed by atoms with van der Waals surface area (Å²) < 4.78 is 32.5. The minimum Gasteiger partial charge on any atom is -0.497 e. The SMILES string of the molecule is COc1cccc(N2C[C@@H](NC(=O)c3c(F)cccc3F)CC2=O)c1. The molecule has 0 saturated carbocycles. The first-order valence-electron chi connectivity index (χ1n) is 7.69. The number of carbonyl (C=O) groups excluding carboxylic acids is 2. The van der Waals surface area contributed by atoms with Crippen LogP contribution in [-0.2, 0) is 4.79 Å². The molecule has 0 aromatic heterocycles. The van der Waals surface area contributed by atoms with E-state index in [2.05, 4.69) is 5.32 Å². The fourth-order valence-electron chi connectivity index (χ4n) is 2.80. The smallest absolute Gasteiger partial charge is 0.257 e.